The van der Waals surface area contributed by atoms with Crippen LogP contribution in [0.1, 0.15) is 5.56 Å². The summed E-state index contributed by atoms with van der Waals surface area (Å²) >= 11 is 7.33. The Morgan fingerprint density at radius 3 is 2.79 bits per heavy atom. The quantitative estimate of drug-likeness (QED) is 0.668. The largest absolute Gasteiger partial charge is 0.488 e. The molecule has 1 aromatic heterocycles. The van der Waals surface area contributed by atoms with Gasteiger partial charge >= 0.3 is 7.12 Å². The maximum atomic E-state index is 13.1. The Balaban J connectivity index is 2.18. The number of aromatic nitrogens is 1. The van der Waals surface area contributed by atoms with Crippen molar-refractivity contribution in [1.29, 1.82) is 0 Å². The third kappa shape index (κ3) is 3.70. The van der Waals surface area contributed by atoms with E-state index in [1.54, 1.807) is 18.3 Å². The van der Waals surface area contributed by atoms with Gasteiger partial charge in [0.05, 0.1) is 5.02 Å². The van der Waals surface area contributed by atoms with Crippen LogP contribution in [0.25, 0.3) is 0 Å². The molecule has 0 radical (unpaired) electrons. The van der Waals surface area contributed by atoms with Gasteiger partial charge in [0.25, 0.3) is 0 Å². The second-order valence-corrected chi connectivity index (χ2v) is 5.17. The highest BCUT2D eigenvalue weighted by Gasteiger charge is 2.17. The second kappa shape index (κ2) is 6.39. The Hall–Kier alpha value is -1.08. The first-order chi connectivity index (χ1) is 9.08. The standard InChI is InChI=1S/C12H10BClFNO2S/c14-11-2-1-5-16-12(11)19-7-8-3-4-9(15)6-10(8)13(17)18/h1-6,17-18H,7H2. The van der Waals surface area contributed by atoms with Crippen LogP contribution >= 0.6 is 23.4 Å². The highest BCUT2D eigenvalue weighted by atomic mass is 35.5. The molecule has 0 atom stereocenters. The zero-order chi connectivity index (χ0) is 13.8. The molecule has 0 unspecified atom stereocenters. The zero-order valence-electron chi connectivity index (χ0n) is 9.75. The molecule has 0 spiro atoms. The summed E-state index contributed by atoms with van der Waals surface area (Å²) in [6.45, 7) is 0. The van der Waals surface area contributed by atoms with Crippen molar-refractivity contribution in [2.75, 3.05) is 0 Å². The van der Waals surface area contributed by atoms with Crippen molar-refractivity contribution >= 4 is 35.9 Å². The predicted octanol–water partition coefficient (Wildman–Crippen LogP) is 1.85. The lowest BCUT2D eigenvalue weighted by molar-refractivity contribution is 0.425. The van der Waals surface area contributed by atoms with Gasteiger partial charge in [-0.1, -0.05) is 17.7 Å². The molecular weight excluding hydrogens is 287 g/mol. The lowest BCUT2D eigenvalue weighted by atomic mass is 9.77. The minimum absolute atomic E-state index is 0.152. The molecule has 19 heavy (non-hydrogen) atoms. The average molecular weight is 298 g/mol. The minimum atomic E-state index is -1.70. The van der Waals surface area contributed by atoms with Gasteiger partial charge in [-0.25, -0.2) is 9.37 Å². The Morgan fingerprint density at radius 1 is 1.32 bits per heavy atom. The van der Waals surface area contributed by atoms with Gasteiger partial charge in [-0.3, -0.25) is 0 Å². The number of nitrogens with zero attached hydrogens (tertiary/aromatic N) is 1. The Kier molecular flexibility index (Phi) is 4.82. The Morgan fingerprint density at radius 2 is 2.11 bits per heavy atom. The number of hydrogen-bond acceptors (Lipinski definition) is 4. The number of halogens is 2. The van der Waals surface area contributed by atoms with Crippen molar-refractivity contribution in [3.05, 3.63) is 52.9 Å². The summed E-state index contributed by atoms with van der Waals surface area (Å²) in [4.78, 5) is 4.12. The first-order valence-corrected chi connectivity index (χ1v) is 6.82. The Labute approximate surface area is 119 Å². The molecule has 0 amide bonds. The van der Waals surface area contributed by atoms with Crippen LogP contribution in [-0.2, 0) is 5.75 Å². The van der Waals surface area contributed by atoms with E-state index >= 15 is 0 Å². The fraction of sp³-hybridized carbons (Fsp3) is 0.0833. The summed E-state index contributed by atoms with van der Waals surface area (Å²) in [6, 6.07) is 7.37. The van der Waals surface area contributed by atoms with Gasteiger partial charge < -0.3 is 10.0 Å². The molecule has 0 saturated carbocycles. The molecule has 0 saturated heterocycles. The number of benzene rings is 1. The van der Waals surface area contributed by atoms with Crippen LogP contribution in [-0.4, -0.2) is 22.2 Å². The van der Waals surface area contributed by atoms with Gasteiger partial charge in [-0.15, -0.1) is 11.8 Å². The van der Waals surface area contributed by atoms with Crippen LogP contribution in [0.15, 0.2) is 41.6 Å². The molecule has 0 bridgehead atoms. The fourth-order valence-corrected chi connectivity index (χ4v) is 2.74. The van der Waals surface area contributed by atoms with E-state index in [0.717, 1.165) is 6.07 Å². The third-order valence-corrected chi connectivity index (χ3v) is 3.95. The van der Waals surface area contributed by atoms with Gasteiger partial charge in [-0.2, -0.15) is 0 Å². The van der Waals surface area contributed by atoms with Crippen LogP contribution in [0.5, 0.6) is 0 Å². The van der Waals surface area contributed by atoms with Crippen molar-refractivity contribution in [2.24, 2.45) is 0 Å². The van der Waals surface area contributed by atoms with Crippen LogP contribution in [0, 0.1) is 5.82 Å². The summed E-state index contributed by atoms with van der Waals surface area (Å²) in [5, 5.41) is 19.6. The van der Waals surface area contributed by atoms with Crippen molar-refractivity contribution in [1.82, 2.24) is 4.98 Å². The van der Waals surface area contributed by atoms with E-state index in [-0.39, 0.29) is 5.46 Å². The van der Waals surface area contributed by atoms with Gasteiger partial charge in [0.1, 0.15) is 10.8 Å². The summed E-state index contributed by atoms with van der Waals surface area (Å²) in [5.41, 5.74) is 0.780. The molecule has 1 aromatic carbocycles. The van der Waals surface area contributed by atoms with Gasteiger partial charge in [0, 0.05) is 11.9 Å². The van der Waals surface area contributed by atoms with Gasteiger partial charge in [-0.05, 0) is 35.3 Å². The normalized spacial score (nSPS) is 10.5. The first-order valence-electron chi connectivity index (χ1n) is 5.45. The zero-order valence-corrected chi connectivity index (χ0v) is 11.3. The molecule has 7 heteroatoms. The SMILES string of the molecule is OB(O)c1cc(F)ccc1CSc1ncccc1Cl. The number of thioether (sulfide) groups is 1. The summed E-state index contributed by atoms with van der Waals surface area (Å²) < 4.78 is 13.1. The molecule has 0 aliphatic heterocycles. The topological polar surface area (TPSA) is 53.4 Å². The van der Waals surface area contributed by atoms with Crippen LogP contribution in [0.3, 0.4) is 0 Å². The lowest BCUT2D eigenvalue weighted by Gasteiger charge is -2.09. The summed E-state index contributed by atoms with van der Waals surface area (Å²) in [6.07, 6.45) is 1.63. The molecule has 98 valence electrons. The van der Waals surface area contributed by atoms with E-state index < -0.39 is 12.9 Å². The molecule has 3 nitrogen and oxygen atoms in total. The van der Waals surface area contributed by atoms with E-state index in [1.165, 1.54) is 23.9 Å². The molecular formula is C12H10BClFNO2S. The first kappa shape index (κ1) is 14.3. The van der Waals surface area contributed by atoms with E-state index in [2.05, 4.69) is 4.98 Å². The van der Waals surface area contributed by atoms with Gasteiger partial charge in [0.2, 0.25) is 0 Å². The highest BCUT2D eigenvalue weighted by molar-refractivity contribution is 7.98. The average Bonchev–Trinajstić information content (AvgIpc) is 2.38. The second-order valence-electron chi connectivity index (χ2n) is 3.80. The predicted molar refractivity (Wildman–Crippen MR) is 75.0 cm³/mol. The molecule has 2 N–H and O–H groups in total. The van der Waals surface area contributed by atoms with E-state index in [9.17, 15) is 14.4 Å². The van der Waals surface area contributed by atoms with Crippen LogP contribution < -0.4 is 5.46 Å². The van der Waals surface area contributed by atoms with E-state index in [0.29, 0.717) is 21.4 Å². The molecule has 2 aromatic rings. The van der Waals surface area contributed by atoms with Gasteiger partial charge in [0.15, 0.2) is 0 Å². The summed E-state index contributed by atoms with van der Waals surface area (Å²) in [5.74, 6) is -0.0861. The number of hydrogen-bond donors (Lipinski definition) is 2. The third-order valence-electron chi connectivity index (χ3n) is 2.48. The molecule has 0 aliphatic rings. The van der Waals surface area contributed by atoms with Crippen LogP contribution in [0.4, 0.5) is 4.39 Å². The molecule has 0 fully saturated rings. The van der Waals surface area contributed by atoms with E-state index in [1.807, 2.05) is 0 Å². The molecule has 1 heterocycles. The molecule has 2 rings (SSSR count). The van der Waals surface area contributed by atoms with Crippen molar-refractivity contribution in [3.63, 3.8) is 0 Å². The van der Waals surface area contributed by atoms with Crippen molar-refractivity contribution in [3.8, 4) is 0 Å². The molecule has 0 aliphatic carbocycles. The van der Waals surface area contributed by atoms with Crippen LogP contribution in [0.2, 0.25) is 5.02 Å². The minimum Gasteiger partial charge on any atom is -0.423 e. The van der Waals surface area contributed by atoms with Crippen molar-refractivity contribution < 1.29 is 14.4 Å². The van der Waals surface area contributed by atoms with Crippen molar-refractivity contribution in [2.45, 2.75) is 10.8 Å². The lowest BCUT2D eigenvalue weighted by Crippen LogP contribution is -2.33. The van der Waals surface area contributed by atoms with E-state index in [4.69, 9.17) is 11.6 Å². The number of rotatable bonds is 4. The Bertz CT molecular complexity index is 585. The highest BCUT2D eigenvalue weighted by Crippen LogP contribution is 2.26. The monoisotopic (exact) mass is 297 g/mol. The summed E-state index contributed by atoms with van der Waals surface area (Å²) in [7, 11) is -1.70. The smallest absolute Gasteiger partial charge is 0.423 e. The maximum absolute atomic E-state index is 13.1. The number of pyridine rings is 1. The maximum Gasteiger partial charge on any atom is 0.488 e. The fourth-order valence-electron chi connectivity index (χ4n) is 1.56.